The summed E-state index contributed by atoms with van der Waals surface area (Å²) in [5, 5.41) is 11.2. The maximum atomic E-state index is 12.9. The fourth-order valence-corrected chi connectivity index (χ4v) is 3.78. The Kier molecular flexibility index (Phi) is 9.48. The van der Waals surface area contributed by atoms with Crippen LogP contribution < -0.4 is 0 Å². The number of carbonyl (C=O) groups is 3. The lowest BCUT2D eigenvalue weighted by Crippen LogP contribution is -2.27. The first-order valence-electron chi connectivity index (χ1n) is 11.8. The molecule has 0 spiro atoms. The number of para-hydroxylation sites is 1. The Morgan fingerprint density at radius 3 is 2.19 bits per heavy atom. The van der Waals surface area contributed by atoms with Crippen LogP contribution in [0.15, 0.2) is 24.3 Å². The van der Waals surface area contributed by atoms with Crippen molar-refractivity contribution in [2.24, 2.45) is 0 Å². The molecule has 0 unspecified atom stereocenters. The second-order valence-electron chi connectivity index (χ2n) is 9.36. The van der Waals surface area contributed by atoms with Gasteiger partial charge in [0.05, 0.1) is 11.1 Å². The standard InChI is InChI=1S/C26H37NO5/c1-5-6-7-8-9-10-11-14-19(28)17-18-22(29)23-20-15-12-13-16-21(20)27(24(23)30)25(31)32-26(2,3)4/h12-13,15-16,30H,5-11,14,17-18H2,1-4H3. The monoisotopic (exact) mass is 443 g/mol. The summed E-state index contributed by atoms with van der Waals surface area (Å²) in [6, 6.07) is 6.80. The quantitative estimate of drug-likeness (QED) is 0.288. The molecular formula is C26H37NO5. The van der Waals surface area contributed by atoms with Gasteiger partial charge in [-0.3, -0.25) is 9.59 Å². The molecule has 32 heavy (non-hydrogen) atoms. The molecule has 6 nitrogen and oxygen atoms in total. The van der Waals surface area contributed by atoms with Crippen LogP contribution >= 0.6 is 0 Å². The average Bonchev–Trinajstić information content (AvgIpc) is 3.02. The third-order valence-electron chi connectivity index (χ3n) is 5.39. The molecule has 0 amide bonds. The Bertz CT molecular complexity index is 936. The predicted octanol–water partition coefficient (Wildman–Crippen LogP) is 6.80. The van der Waals surface area contributed by atoms with Crippen LogP contribution in [0.3, 0.4) is 0 Å². The summed E-state index contributed by atoms with van der Waals surface area (Å²) in [4.78, 5) is 37.8. The summed E-state index contributed by atoms with van der Waals surface area (Å²) in [6.45, 7) is 7.39. The van der Waals surface area contributed by atoms with E-state index >= 15 is 0 Å². The van der Waals surface area contributed by atoms with Crippen LogP contribution in [0.5, 0.6) is 5.88 Å². The number of ketones is 2. The zero-order valence-electron chi connectivity index (χ0n) is 19.9. The molecule has 0 saturated carbocycles. The number of benzene rings is 1. The van der Waals surface area contributed by atoms with Gasteiger partial charge in [0, 0.05) is 24.6 Å². The minimum atomic E-state index is -0.750. The van der Waals surface area contributed by atoms with E-state index in [9.17, 15) is 19.5 Å². The van der Waals surface area contributed by atoms with Gasteiger partial charge in [0.25, 0.3) is 0 Å². The molecule has 0 bridgehead atoms. The van der Waals surface area contributed by atoms with E-state index in [1.807, 2.05) is 0 Å². The fourth-order valence-electron chi connectivity index (χ4n) is 3.78. The van der Waals surface area contributed by atoms with E-state index in [1.165, 1.54) is 25.7 Å². The molecule has 6 heteroatoms. The van der Waals surface area contributed by atoms with E-state index in [2.05, 4.69) is 6.92 Å². The number of ether oxygens (including phenoxy) is 1. The summed E-state index contributed by atoms with van der Waals surface area (Å²) in [6.07, 6.45) is 7.84. The SMILES string of the molecule is CCCCCCCCCC(=O)CCC(=O)c1c(O)n(C(=O)OC(C)(C)C)c2ccccc12. The van der Waals surface area contributed by atoms with Crippen molar-refractivity contribution < 1.29 is 24.2 Å². The number of aromatic nitrogens is 1. The van der Waals surface area contributed by atoms with Crippen LogP contribution in [0.25, 0.3) is 10.9 Å². The minimum Gasteiger partial charge on any atom is -0.494 e. The number of aromatic hydroxyl groups is 1. The van der Waals surface area contributed by atoms with Gasteiger partial charge in [-0.25, -0.2) is 9.36 Å². The first-order chi connectivity index (χ1) is 15.2. The van der Waals surface area contributed by atoms with Gasteiger partial charge < -0.3 is 9.84 Å². The maximum Gasteiger partial charge on any atom is 0.421 e. The van der Waals surface area contributed by atoms with Gasteiger partial charge in [0.15, 0.2) is 5.78 Å². The van der Waals surface area contributed by atoms with Crippen LogP contribution in [0.2, 0.25) is 0 Å². The number of hydrogen-bond donors (Lipinski definition) is 1. The molecule has 0 saturated heterocycles. The molecule has 176 valence electrons. The van der Waals surface area contributed by atoms with Crippen molar-refractivity contribution in [3.05, 3.63) is 29.8 Å². The normalized spacial score (nSPS) is 11.6. The zero-order valence-corrected chi connectivity index (χ0v) is 19.9. The van der Waals surface area contributed by atoms with Crippen LogP contribution in [0.1, 0.15) is 102 Å². The maximum absolute atomic E-state index is 12.9. The van der Waals surface area contributed by atoms with Crippen LogP contribution in [0, 0.1) is 0 Å². The lowest BCUT2D eigenvalue weighted by atomic mass is 10.0. The van der Waals surface area contributed by atoms with Crippen LogP contribution in [-0.2, 0) is 9.53 Å². The molecule has 1 aromatic carbocycles. The third kappa shape index (κ3) is 7.21. The Morgan fingerprint density at radius 2 is 1.53 bits per heavy atom. The van der Waals surface area contributed by atoms with E-state index in [4.69, 9.17) is 4.74 Å². The number of carbonyl (C=O) groups excluding carboxylic acids is 3. The molecule has 2 aromatic rings. The van der Waals surface area contributed by atoms with Gasteiger partial charge in [0.1, 0.15) is 11.4 Å². The van der Waals surface area contributed by atoms with Gasteiger partial charge in [-0.15, -0.1) is 0 Å². The van der Waals surface area contributed by atoms with Crippen molar-refractivity contribution in [1.29, 1.82) is 0 Å². The molecule has 0 atom stereocenters. The first-order valence-corrected chi connectivity index (χ1v) is 11.8. The largest absolute Gasteiger partial charge is 0.494 e. The second-order valence-corrected chi connectivity index (χ2v) is 9.36. The topological polar surface area (TPSA) is 85.6 Å². The zero-order chi connectivity index (χ0) is 23.7. The molecule has 0 aliphatic carbocycles. The van der Waals surface area contributed by atoms with Crippen molar-refractivity contribution in [1.82, 2.24) is 4.57 Å². The highest BCUT2D eigenvalue weighted by atomic mass is 16.6. The molecular weight excluding hydrogens is 406 g/mol. The smallest absolute Gasteiger partial charge is 0.421 e. The Hall–Kier alpha value is -2.63. The van der Waals surface area contributed by atoms with Crippen molar-refractivity contribution in [3.8, 4) is 5.88 Å². The Balaban J connectivity index is 2.01. The highest BCUT2D eigenvalue weighted by Crippen LogP contribution is 2.33. The van der Waals surface area contributed by atoms with Crippen LogP contribution in [0.4, 0.5) is 4.79 Å². The summed E-state index contributed by atoms with van der Waals surface area (Å²) >= 11 is 0. The van der Waals surface area contributed by atoms with E-state index < -0.39 is 17.6 Å². The summed E-state index contributed by atoms with van der Waals surface area (Å²) < 4.78 is 6.41. The molecule has 2 rings (SSSR count). The Morgan fingerprint density at radius 1 is 0.906 bits per heavy atom. The predicted molar refractivity (Wildman–Crippen MR) is 126 cm³/mol. The number of unbranched alkanes of at least 4 members (excludes halogenated alkanes) is 6. The highest BCUT2D eigenvalue weighted by molar-refractivity contribution is 6.13. The van der Waals surface area contributed by atoms with Gasteiger partial charge in [-0.1, -0.05) is 63.6 Å². The molecule has 0 aliphatic heterocycles. The molecule has 1 heterocycles. The number of nitrogens with zero attached hydrogens (tertiary/aromatic N) is 1. The summed E-state index contributed by atoms with van der Waals surface area (Å²) in [5.74, 6) is -0.735. The average molecular weight is 444 g/mol. The first kappa shape index (κ1) is 25.6. The lowest BCUT2D eigenvalue weighted by molar-refractivity contribution is -0.119. The van der Waals surface area contributed by atoms with Gasteiger partial charge in [-0.2, -0.15) is 0 Å². The molecule has 1 N–H and O–H groups in total. The number of hydrogen-bond acceptors (Lipinski definition) is 5. The highest BCUT2D eigenvalue weighted by Gasteiger charge is 2.28. The van der Waals surface area contributed by atoms with Crippen molar-refractivity contribution >= 4 is 28.6 Å². The van der Waals surface area contributed by atoms with E-state index in [0.717, 1.165) is 23.8 Å². The molecule has 0 radical (unpaired) electrons. The molecule has 0 fully saturated rings. The summed E-state index contributed by atoms with van der Waals surface area (Å²) in [7, 11) is 0. The Labute approximate surface area is 190 Å². The van der Waals surface area contributed by atoms with Crippen molar-refractivity contribution in [2.75, 3.05) is 0 Å². The third-order valence-corrected chi connectivity index (χ3v) is 5.39. The van der Waals surface area contributed by atoms with Gasteiger partial charge in [0.2, 0.25) is 5.88 Å². The van der Waals surface area contributed by atoms with Gasteiger partial charge >= 0.3 is 6.09 Å². The van der Waals surface area contributed by atoms with E-state index in [0.29, 0.717) is 17.3 Å². The fraction of sp³-hybridized carbons (Fsp3) is 0.577. The lowest BCUT2D eigenvalue weighted by Gasteiger charge is -2.20. The van der Waals surface area contributed by atoms with E-state index in [-0.39, 0.29) is 30.0 Å². The minimum absolute atomic E-state index is 0.00518. The molecule has 0 aliphatic rings. The van der Waals surface area contributed by atoms with Crippen molar-refractivity contribution in [2.45, 2.75) is 97.5 Å². The number of rotatable bonds is 12. The van der Waals surface area contributed by atoms with Crippen LogP contribution in [-0.4, -0.2) is 32.9 Å². The number of Topliss-reactive ketones (excluding diaryl/α,β-unsaturated/α-hetero) is 2. The van der Waals surface area contributed by atoms with E-state index in [1.54, 1.807) is 45.0 Å². The second kappa shape index (κ2) is 11.8. The number of fused-ring (bicyclic) bond motifs is 1. The summed E-state index contributed by atoms with van der Waals surface area (Å²) in [5.41, 5.74) is -0.284. The van der Waals surface area contributed by atoms with Crippen molar-refractivity contribution in [3.63, 3.8) is 0 Å². The molecule has 1 aromatic heterocycles. The van der Waals surface area contributed by atoms with Gasteiger partial charge in [-0.05, 0) is 33.3 Å².